The first-order valence-corrected chi connectivity index (χ1v) is 11.1. The number of carboxylic acid groups (broad SMARTS) is 1. The minimum atomic E-state index is -1.09. The SMILES string of the molecule is CC(C)(C)CC1NC(C(=O)O)C(c2cccc(Cl)c2F)C1(CN)c1ccc(Cl)cc1Cl. The van der Waals surface area contributed by atoms with Gasteiger partial charge in [0.2, 0.25) is 0 Å². The van der Waals surface area contributed by atoms with Crippen LogP contribution in [0, 0.1) is 11.2 Å². The predicted molar refractivity (Wildman–Crippen MR) is 124 cm³/mol. The summed E-state index contributed by atoms with van der Waals surface area (Å²) in [5.74, 6) is -2.59. The van der Waals surface area contributed by atoms with Crippen molar-refractivity contribution in [1.29, 1.82) is 0 Å². The molecule has 0 bridgehead atoms. The van der Waals surface area contributed by atoms with Crippen LogP contribution < -0.4 is 11.1 Å². The Bertz CT molecular complexity index is 995. The average Bonchev–Trinajstić information content (AvgIpc) is 2.97. The molecule has 4 N–H and O–H groups in total. The molecule has 8 heteroatoms. The molecule has 0 amide bonds. The van der Waals surface area contributed by atoms with Crippen molar-refractivity contribution in [2.75, 3.05) is 6.54 Å². The molecular formula is C23H26Cl3FN2O2. The average molecular weight is 488 g/mol. The highest BCUT2D eigenvalue weighted by molar-refractivity contribution is 6.35. The third-order valence-electron chi connectivity index (χ3n) is 6.06. The van der Waals surface area contributed by atoms with E-state index >= 15 is 4.39 Å². The summed E-state index contributed by atoms with van der Waals surface area (Å²) in [4.78, 5) is 12.4. The van der Waals surface area contributed by atoms with E-state index < -0.39 is 29.2 Å². The minimum absolute atomic E-state index is 0.0441. The fourth-order valence-corrected chi connectivity index (χ4v) is 5.63. The highest BCUT2D eigenvalue weighted by Crippen LogP contribution is 2.53. The van der Waals surface area contributed by atoms with Crippen LogP contribution >= 0.6 is 34.8 Å². The van der Waals surface area contributed by atoms with Gasteiger partial charge in [0.05, 0.1) is 5.02 Å². The lowest BCUT2D eigenvalue weighted by molar-refractivity contribution is -0.139. The third kappa shape index (κ3) is 4.44. The first-order chi connectivity index (χ1) is 14.4. The molecule has 0 saturated carbocycles. The molecule has 4 unspecified atom stereocenters. The van der Waals surface area contributed by atoms with E-state index in [2.05, 4.69) is 26.1 Å². The zero-order valence-electron chi connectivity index (χ0n) is 17.6. The van der Waals surface area contributed by atoms with Crippen LogP contribution in [0.1, 0.15) is 44.2 Å². The molecule has 0 aliphatic carbocycles. The van der Waals surface area contributed by atoms with Crippen molar-refractivity contribution in [3.8, 4) is 0 Å². The molecule has 0 radical (unpaired) electrons. The summed E-state index contributed by atoms with van der Waals surface area (Å²) in [6.07, 6.45) is 0.589. The van der Waals surface area contributed by atoms with Crippen LogP contribution in [0.15, 0.2) is 36.4 Å². The number of nitrogens with two attached hydrogens (primary N) is 1. The largest absolute Gasteiger partial charge is 0.480 e. The van der Waals surface area contributed by atoms with E-state index in [0.29, 0.717) is 22.0 Å². The maximum atomic E-state index is 15.3. The molecule has 1 fully saturated rings. The van der Waals surface area contributed by atoms with Gasteiger partial charge in [-0.3, -0.25) is 4.79 Å². The van der Waals surface area contributed by atoms with Gasteiger partial charge in [-0.05, 0) is 41.2 Å². The molecule has 1 aliphatic heterocycles. The number of benzene rings is 2. The van der Waals surface area contributed by atoms with E-state index in [1.54, 1.807) is 30.3 Å². The Morgan fingerprint density at radius 1 is 1.19 bits per heavy atom. The number of halogens is 4. The molecule has 4 atom stereocenters. The van der Waals surface area contributed by atoms with E-state index in [1.165, 1.54) is 6.07 Å². The number of hydrogen-bond acceptors (Lipinski definition) is 3. The zero-order valence-corrected chi connectivity index (χ0v) is 19.8. The van der Waals surface area contributed by atoms with Gasteiger partial charge in [-0.2, -0.15) is 0 Å². The molecular weight excluding hydrogens is 462 g/mol. The summed E-state index contributed by atoms with van der Waals surface area (Å²) in [5, 5.41) is 14.1. The number of rotatable bonds is 5. The maximum Gasteiger partial charge on any atom is 0.321 e. The standard InChI is InChI=1S/C23H26Cl3FN2O2/c1-22(2,3)10-17-23(11-28,14-8-7-12(24)9-16(14)26)18(20(29-17)21(30)31)13-5-4-6-15(25)19(13)27/h4-9,17-18,20,29H,10-11,28H2,1-3H3,(H,30,31). The number of aliphatic carboxylic acids is 1. The Hall–Kier alpha value is -1.37. The van der Waals surface area contributed by atoms with Crippen molar-refractivity contribution >= 4 is 40.8 Å². The number of carboxylic acids is 1. The van der Waals surface area contributed by atoms with Crippen LogP contribution in [0.5, 0.6) is 0 Å². The summed E-state index contributed by atoms with van der Waals surface area (Å²) in [7, 11) is 0. The van der Waals surface area contributed by atoms with Gasteiger partial charge < -0.3 is 16.2 Å². The van der Waals surface area contributed by atoms with Crippen LogP contribution in [0.4, 0.5) is 4.39 Å². The topological polar surface area (TPSA) is 75.3 Å². The van der Waals surface area contributed by atoms with Gasteiger partial charge in [0, 0.05) is 34.0 Å². The fraction of sp³-hybridized carbons (Fsp3) is 0.435. The van der Waals surface area contributed by atoms with E-state index in [4.69, 9.17) is 40.5 Å². The second-order valence-electron chi connectivity index (χ2n) is 9.29. The molecule has 168 valence electrons. The van der Waals surface area contributed by atoms with Crippen molar-refractivity contribution in [3.05, 3.63) is 68.4 Å². The summed E-state index contributed by atoms with van der Waals surface area (Å²) in [6, 6.07) is 8.19. The Morgan fingerprint density at radius 3 is 2.42 bits per heavy atom. The number of carbonyl (C=O) groups is 1. The van der Waals surface area contributed by atoms with E-state index in [1.807, 2.05) is 0 Å². The molecule has 0 spiro atoms. The summed E-state index contributed by atoms with van der Waals surface area (Å²) < 4.78 is 15.3. The second kappa shape index (κ2) is 8.87. The van der Waals surface area contributed by atoms with Crippen LogP contribution in [-0.2, 0) is 10.2 Å². The second-order valence-corrected chi connectivity index (χ2v) is 10.5. The quantitative estimate of drug-likeness (QED) is 0.511. The summed E-state index contributed by atoms with van der Waals surface area (Å²) >= 11 is 18.8. The molecule has 1 heterocycles. The molecule has 1 saturated heterocycles. The number of nitrogens with one attached hydrogen (secondary N) is 1. The lowest BCUT2D eigenvalue weighted by Gasteiger charge is -2.42. The summed E-state index contributed by atoms with van der Waals surface area (Å²) in [6.45, 7) is 6.22. The zero-order chi connectivity index (χ0) is 23.1. The monoisotopic (exact) mass is 486 g/mol. The normalized spacial score (nSPS) is 26.3. The molecule has 2 aromatic carbocycles. The predicted octanol–water partition coefficient (Wildman–Crippen LogP) is 5.63. The Kier molecular flexibility index (Phi) is 6.95. The first kappa shape index (κ1) is 24.3. The third-order valence-corrected chi connectivity index (χ3v) is 6.90. The van der Waals surface area contributed by atoms with E-state index in [-0.39, 0.29) is 28.6 Å². The van der Waals surface area contributed by atoms with E-state index in [0.717, 1.165) is 0 Å². The molecule has 4 nitrogen and oxygen atoms in total. The number of hydrogen-bond donors (Lipinski definition) is 3. The van der Waals surface area contributed by atoms with Gasteiger partial charge in [0.25, 0.3) is 0 Å². The van der Waals surface area contributed by atoms with E-state index in [9.17, 15) is 9.90 Å². The van der Waals surface area contributed by atoms with Crippen LogP contribution in [0.25, 0.3) is 0 Å². The lowest BCUT2D eigenvalue weighted by atomic mass is 9.62. The molecule has 0 aromatic heterocycles. The van der Waals surface area contributed by atoms with Crippen molar-refractivity contribution in [3.63, 3.8) is 0 Å². The molecule has 31 heavy (non-hydrogen) atoms. The highest BCUT2D eigenvalue weighted by Gasteiger charge is 2.59. The van der Waals surface area contributed by atoms with Crippen LogP contribution in [0.2, 0.25) is 15.1 Å². The van der Waals surface area contributed by atoms with Crippen molar-refractivity contribution in [2.24, 2.45) is 11.1 Å². The van der Waals surface area contributed by atoms with Crippen LogP contribution in [-0.4, -0.2) is 29.7 Å². The van der Waals surface area contributed by atoms with Gasteiger partial charge in [0.15, 0.2) is 0 Å². The molecule has 1 aliphatic rings. The lowest BCUT2D eigenvalue weighted by Crippen LogP contribution is -2.50. The molecule has 3 rings (SSSR count). The van der Waals surface area contributed by atoms with Crippen molar-refractivity contribution in [2.45, 2.75) is 50.6 Å². The highest BCUT2D eigenvalue weighted by atomic mass is 35.5. The Balaban J connectivity index is 2.36. The van der Waals surface area contributed by atoms with Gasteiger partial charge in [-0.25, -0.2) is 4.39 Å². The van der Waals surface area contributed by atoms with Gasteiger partial charge in [-0.1, -0.05) is 73.8 Å². The first-order valence-electron chi connectivity index (χ1n) is 10.0. The smallest absolute Gasteiger partial charge is 0.321 e. The summed E-state index contributed by atoms with van der Waals surface area (Å²) in [5.41, 5.74) is 6.07. The van der Waals surface area contributed by atoms with Crippen molar-refractivity contribution in [1.82, 2.24) is 5.32 Å². The fourth-order valence-electron chi connectivity index (χ4n) is 4.86. The Labute approximate surface area is 196 Å². The van der Waals surface area contributed by atoms with Gasteiger partial charge in [-0.15, -0.1) is 0 Å². The maximum absolute atomic E-state index is 15.3. The van der Waals surface area contributed by atoms with Gasteiger partial charge in [0.1, 0.15) is 11.9 Å². The van der Waals surface area contributed by atoms with Gasteiger partial charge >= 0.3 is 5.97 Å². The Morgan fingerprint density at radius 2 is 1.87 bits per heavy atom. The van der Waals surface area contributed by atoms with Crippen molar-refractivity contribution < 1.29 is 14.3 Å². The van der Waals surface area contributed by atoms with Crippen LogP contribution in [0.3, 0.4) is 0 Å². The molecule has 2 aromatic rings. The minimum Gasteiger partial charge on any atom is -0.480 e.